The van der Waals surface area contributed by atoms with E-state index in [0.29, 0.717) is 0 Å². The van der Waals surface area contributed by atoms with Gasteiger partial charge in [0.25, 0.3) is 0 Å². The smallest absolute Gasteiger partial charge is 0.134 e. The summed E-state index contributed by atoms with van der Waals surface area (Å²) in [5.74, 6) is 0. The standard InChI is InChI=1S/C13H10N2S2/c14-7-11-10-4-1-5-12(10)17-13(11)15-8-9-3-2-6-16-9/h2-3,6,8H,1,4-5H2. The van der Waals surface area contributed by atoms with Crippen molar-refractivity contribution in [3.63, 3.8) is 0 Å². The van der Waals surface area contributed by atoms with Crippen LogP contribution in [0, 0.1) is 11.3 Å². The Balaban J connectivity index is 1.97. The molecule has 0 bridgehead atoms. The van der Waals surface area contributed by atoms with Gasteiger partial charge in [0.15, 0.2) is 0 Å². The van der Waals surface area contributed by atoms with Gasteiger partial charge in [-0.25, -0.2) is 4.99 Å². The third-order valence-corrected chi connectivity index (χ3v) is 4.87. The summed E-state index contributed by atoms with van der Waals surface area (Å²) in [5.41, 5.74) is 2.05. The molecule has 0 amide bonds. The number of aliphatic imine (C=N–C) groups is 1. The summed E-state index contributed by atoms with van der Waals surface area (Å²) >= 11 is 3.34. The summed E-state index contributed by atoms with van der Waals surface area (Å²) in [5, 5.41) is 12.1. The van der Waals surface area contributed by atoms with Crippen LogP contribution in [-0.2, 0) is 12.8 Å². The van der Waals surface area contributed by atoms with Crippen LogP contribution in [-0.4, -0.2) is 6.21 Å². The number of nitrogens with zero attached hydrogens (tertiary/aromatic N) is 2. The zero-order valence-electron chi connectivity index (χ0n) is 9.14. The Morgan fingerprint density at radius 1 is 1.41 bits per heavy atom. The van der Waals surface area contributed by atoms with Crippen molar-refractivity contribution in [2.24, 2.45) is 4.99 Å². The fraction of sp³-hybridized carbons (Fsp3) is 0.231. The molecule has 2 aromatic heterocycles. The molecule has 0 radical (unpaired) electrons. The minimum Gasteiger partial charge on any atom is -0.243 e. The minimum absolute atomic E-state index is 0.801. The number of fused-ring (bicyclic) bond motifs is 1. The highest BCUT2D eigenvalue weighted by atomic mass is 32.1. The second-order valence-corrected chi connectivity index (χ2v) is 5.99. The summed E-state index contributed by atoms with van der Waals surface area (Å²) in [6.07, 6.45) is 5.20. The normalized spacial score (nSPS) is 14.1. The van der Waals surface area contributed by atoms with Crippen LogP contribution in [0.15, 0.2) is 22.5 Å². The Morgan fingerprint density at radius 3 is 3.12 bits per heavy atom. The number of thiophene rings is 2. The molecule has 0 atom stereocenters. The molecule has 2 aromatic rings. The van der Waals surface area contributed by atoms with E-state index in [1.165, 1.54) is 16.9 Å². The van der Waals surface area contributed by atoms with Crippen LogP contribution < -0.4 is 0 Å². The lowest BCUT2D eigenvalue weighted by Crippen LogP contribution is -1.80. The van der Waals surface area contributed by atoms with Gasteiger partial charge in [0.2, 0.25) is 0 Å². The van der Waals surface area contributed by atoms with E-state index in [0.717, 1.165) is 28.3 Å². The molecule has 84 valence electrons. The quantitative estimate of drug-likeness (QED) is 0.752. The van der Waals surface area contributed by atoms with Crippen LogP contribution in [0.5, 0.6) is 0 Å². The summed E-state index contributed by atoms with van der Waals surface area (Å²) in [4.78, 5) is 6.95. The number of aryl methyl sites for hydroxylation is 1. The zero-order valence-corrected chi connectivity index (χ0v) is 10.8. The fourth-order valence-corrected chi connectivity index (χ4v) is 3.85. The Labute approximate surface area is 108 Å². The molecule has 0 fully saturated rings. The largest absolute Gasteiger partial charge is 0.243 e. The van der Waals surface area contributed by atoms with E-state index >= 15 is 0 Å². The van der Waals surface area contributed by atoms with Crippen molar-refractivity contribution in [1.29, 1.82) is 5.26 Å². The van der Waals surface area contributed by atoms with Gasteiger partial charge in [0.05, 0.1) is 5.56 Å². The molecule has 0 aromatic carbocycles. The highest BCUT2D eigenvalue weighted by Gasteiger charge is 2.21. The van der Waals surface area contributed by atoms with E-state index in [2.05, 4.69) is 11.1 Å². The van der Waals surface area contributed by atoms with Gasteiger partial charge < -0.3 is 0 Å². The van der Waals surface area contributed by atoms with Crippen LogP contribution in [0.4, 0.5) is 5.00 Å². The van der Waals surface area contributed by atoms with E-state index in [1.807, 2.05) is 23.7 Å². The Kier molecular flexibility index (Phi) is 2.79. The molecule has 0 aliphatic heterocycles. The molecular weight excluding hydrogens is 248 g/mol. The van der Waals surface area contributed by atoms with Gasteiger partial charge in [-0.3, -0.25) is 0 Å². The van der Waals surface area contributed by atoms with Gasteiger partial charge in [0, 0.05) is 16.0 Å². The summed E-state index contributed by atoms with van der Waals surface area (Å²) in [6.45, 7) is 0. The Bertz CT molecular complexity index is 600. The molecule has 0 spiro atoms. The van der Waals surface area contributed by atoms with Gasteiger partial charge >= 0.3 is 0 Å². The molecular formula is C13H10N2S2. The highest BCUT2D eigenvalue weighted by Crippen LogP contribution is 2.40. The minimum atomic E-state index is 0.801. The molecule has 2 heterocycles. The average molecular weight is 258 g/mol. The summed E-state index contributed by atoms with van der Waals surface area (Å²) < 4.78 is 0. The fourth-order valence-electron chi connectivity index (χ4n) is 2.08. The van der Waals surface area contributed by atoms with Crippen molar-refractivity contribution in [2.45, 2.75) is 19.3 Å². The summed E-state index contributed by atoms with van der Waals surface area (Å²) in [6, 6.07) is 6.34. The van der Waals surface area contributed by atoms with Crippen molar-refractivity contribution in [3.8, 4) is 6.07 Å². The van der Waals surface area contributed by atoms with Crippen LogP contribution in [0.2, 0.25) is 0 Å². The SMILES string of the molecule is N#Cc1c(N=Cc2cccs2)sc2c1CCC2. The molecule has 1 aliphatic rings. The van der Waals surface area contributed by atoms with Crippen molar-refractivity contribution < 1.29 is 0 Å². The lowest BCUT2D eigenvalue weighted by atomic mass is 10.1. The third kappa shape index (κ3) is 1.92. The van der Waals surface area contributed by atoms with Gasteiger partial charge in [-0.05, 0) is 36.3 Å². The third-order valence-electron chi connectivity index (χ3n) is 2.87. The second kappa shape index (κ2) is 4.44. The van der Waals surface area contributed by atoms with Crippen LogP contribution in [0.25, 0.3) is 0 Å². The number of nitriles is 1. The number of hydrogen-bond donors (Lipinski definition) is 0. The van der Waals surface area contributed by atoms with Crippen LogP contribution in [0.1, 0.15) is 27.3 Å². The van der Waals surface area contributed by atoms with Crippen molar-refractivity contribution in [1.82, 2.24) is 0 Å². The molecule has 1 aliphatic carbocycles. The molecule has 0 unspecified atom stereocenters. The van der Waals surface area contributed by atoms with E-state index < -0.39 is 0 Å². The number of hydrogen-bond acceptors (Lipinski definition) is 4. The topological polar surface area (TPSA) is 36.1 Å². The predicted molar refractivity (Wildman–Crippen MR) is 72.6 cm³/mol. The Hall–Kier alpha value is -1.44. The van der Waals surface area contributed by atoms with Gasteiger partial charge in [-0.15, -0.1) is 22.7 Å². The highest BCUT2D eigenvalue weighted by molar-refractivity contribution is 7.16. The van der Waals surface area contributed by atoms with Gasteiger partial charge in [-0.1, -0.05) is 6.07 Å². The van der Waals surface area contributed by atoms with E-state index in [9.17, 15) is 5.26 Å². The Morgan fingerprint density at radius 2 is 2.35 bits per heavy atom. The molecule has 0 saturated heterocycles. The maximum Gasteiger partial charge on any atom is 0.134 e. The van der Waals surface area contributed by atoms with Crippen LogP contribution in [0.3, 0.4) is 0 Å². The molecule has 3 rings (SSSR count). The van der Waals surface area contributed by atoms with Gasteiger partial charge in [0.1, 0.15) is 11.1 Å². The summed E-state index contributed by atoms with van der Waals surface area (Å²) in [7, 11) is 0. The van der Waals surface area contributed by atoms with Gasteiger partial charge in [-0.2, -0.15) is 5.26 Å². The average Bonchev–Trinajstić information content (AvgIpc) is 3.02. The van der Waals surface area contributed by atoms with Crippen molar-refractivity contribution >= 4 is 33.9 Å². The van der Waals surface area contributed by atoms with Crippen molar-refractivity contribution in [2.75, 3.05) is 0 Å². The maximum atomic E-state index is 9.21. The second-order valence-electron chi connectivity index (χ2n) is 3.92. The molecule has 17 heavy (non-hydrogen) atoms. The molecule has 0 N–H and O–H groups in total. The molecule has 0 saturated carbocycles. The molecule has 4 heteroatoms. The number of rotatable bonds is 2. The molecule has 2 nitrogen and oxygen atoms in total. The lowest BCUT2D eigenvalue weighted by molar-refractivity contribution is 0.913. The monoisotopic (exact) mass is 258 g/mol. The first-order valence-electron chi connectivity index (χ1n) is 5.50. The first-order valence-corrected chi connectivity index (χ1v) is 7.20. The van der Waals surface area contributed by atoms with Crippen LogP contribution >= 0.6 is 22.7 Å². The van der Waals surface area contributed by atoms with E-state index in [-0.39, 0.29) is 0 Å². The predicted octanol–water partition coefficient (Wildman–Crippen LogP) is 3.92. The maximum absolute atomic E-state index is 9.21. The first-order chi connectivity index (χ1) is 8.38. The lowest BCUT2D eigenvalue weighted by Gasteiger charge is -1.91. The van der Waals surface area contributed by atoms with Crippen molar-refractivity contribution in [3.05, 3.63) is 38.4 Å². The van der Waals surface area contributed by atoms with E-state index in [1.54, 1.807) is 22.7 Å². The van der Waals surface area contributed by atoms with E-state index in [4.69, 9.17) is 0 Å². The zero-order chi connectivity index (χ0) is 11.7. The first kappa shape index (κ1) is 10.7.